The van der Waals surface area contributed by atoms with E-state index in [0.29, 0.717) is 6.54 Å². The summed E-state index contributed by atoms with van der Waals surface area (Å²) in [4.78, 5) is 13.5. The van der Waals surface area contributed by atoms with Gasteiger partial charge in [0, 0.05) is 19.0 Å². The van der Waals surface area contributed by atoms with Gasteiger partial charge < -0.3 is 4.90 Å². The van der Waals surface area contributed by atoms with Gasteiger partial charge in [-0.3, -0.25) is 4.79 Å². The van der Waals surface area contributed by atoms with Crippen LogP contribution in [0.2, 0.25) is 0 Å². The number of benzene rings is 1. The zero-order chi connectivity index (χ0) is 13.5. The van der Waals surface area contributed by atoms with Gasteiger partial charge in [-0.25, -0.2) is 8.78 Å². The Kier molecular flexibility index (Phi) is 6.05. The average Bonchev–Trinajstić information content (AvgIpc) is 2.34. The van der Waals surface area contributed by atoms with E-state index in [9.17, 15) is 13.6 Å². The maximum absolute atomic E-state index is 13.5. The number of rotatable bonds is 6. The number of halogens is 3. The maximum atomic E-state index is 13.5. The molecule has 0 fully saturated rings. The lowest BCUT2D eigenvalue weighted by molar-refractivity contribution is 0.0753. The summed E-state index contributed by atoms with van der Waals surface area (Å²) in [5.74, 6) is -2.07. The van der Waals surface area contributed by atoms with E-state index in [4.69, 9.17) is 11.6 Å². The molecule has 18 heavy (non-hydrogen) atoms. The second-order valence-corrected chi connectivity index (χ2v) is 4.31. The summed E-state index contributed by atoms with van der Waals surface area (Å²) in [6.07, 6.45) is 1.67. The zero-order valence-electron chi connectivity index (χ0n) is 10.3. The van der Waals surface area contributed by atoms with E-state index in [1.54, 1.807) is 0 Å². The summed E-state index contributed by atoms with van der Waals surface area (Å²) in [5.41, 5.74) is -0.501. The lowest BCUT2D eigenvalue weighted by atomic mass is 10.1. The predicted octanol–water partition coefficient (Wildman–Crippen LogP) is 3.45. The lowest BCUT2D eigenvalue weighted by Crippen LogP contribution is -2.34. The maximum Gasteiger partial charge on any atom is 0.259 e. The number of carbonyl (C=O) groups is 1. The van der Waals surface area contributed by atoms with Gasteiger partial charge in [0.1, 0.15) is 17.2 Å². The summed E-state index contributed by atoms with van der Waals surface area (Å²) in [6.45, 7) is 2.72. The standard InChI is InChI=1S/C13H16ClF2NO/c1-2-3-8-17(9-7-14)13(18)12-10(15)5-4-6-11(12)16/h4-6H,2-3,7-9H2,1H3. The topological polar surface area (TPSA) is 20.3 Å². The van der Waals surface area contributed by atoms with Crippen molar-refractivity contribution >= 4 is 17.5 Å². The minimum absolute atomic E-state index is 0.242. The van der Waals surface area contributed by atoms with Gasteiger partial charge in [-0.1, -0.05) is 19.4 Å². The van der Waals surface area contributed by atoms with Crippen LogP contribution >= 0.6 is 11.6 Å². The first-order chi connectivity index (χ1) is 8.61. The number of alkyl halides is 1. The highest BCUT2D eigenvalue weighted by atomic mass is 35.5. The van der Waals surface area contributed by atoms with Gasteiger partial charge in [0.15, 0.2) is 0 Å². The molecule has 0 aliphatic heterocycles. The van der Waals surface area contributed by atoms with Gasteiger partial charge in [-0.2, -0.15) is 0 Å². The molecule has 0 saturated heterocycles. The summed E-state index contributed by atoms with van der Waals surface area (Å²) in [5, 5.41) is 0. The Morgan fingerprint density at radius 2 is 1.89 bits per heavy atom. The van der Waals surface area contributed by atoms with Crippen molar-refractivity contribution in [3.63, 3.8) is 0 Å². The molecule has 0 N–H and O–H groups in total. The fourth-order valence-corrected chi connectivity index (χ4v) is 1.83. The summed E-state index contributed by atoms with van der Waals surface area (Å²) >= 11 is 5.60. The monoisotopic (exact) mass is 275 g/mol. The van der Waals surface area contributed by atoms with E-state index in [2.05, 4.69) is 0 Å². The Morgan fingerprint density at radius 1 is 1.28 bits per heavy atom. The molecule has 100 valence electrons. The van der Waals surface area contributed by atoms with Crippen LogP contribution in [-0.2, 0) is 0 Å². The number of carbonyl (C=O) groups excluding carboxylic acids is 1. The molecular formula is C13H16ClF2NO. The molecule has 0 aliphatic rings. The van der Waals surface area contributed by atoms with Gasteiger partial charge >= 0.3 is 0 Å². The second-order valence-electron chi connectivity index (χ2n) is 3.93. The van der Waals surface area contributed by atoms with Crippen LogP contribution in [-0.4, -0.2) is 29.8 Å². The minimum atomic E-state index is -0.837. The largest absolute Gasteiger partial charge is 0.337 e. The van der Waals surface area contributed by atoms with Crippen LogP contribution in [0.5, 0.6) is 0 Å². The molecule has 0 aliphatic carbocycles. The molecule has 1 rings (SSSR count). The van der Waals surface area contributed by atoms with Crippen LogP contribution in [0.15, 0.2) is 18.2 Å². The minimum Gasteiger partial charge on any atom is -0.337 e. The molecule has 0 saturated carbocycles. The molecule has 1 amide bonds. The van der Waals surface area contributed by atoms with E-state index in [1.165, 1.54) is 11.0 Å². The van der Waals surface area contributed by atoms with Gasteiger partial charge in [-0.15, -0.1) is 11.6 Å². The Bertz CT molecular complexity index is 392. The molecule has 1 aromatic carbocycles. The first-order valence-corrected chi connectivity index (χ1v) is 6.44. The summed E-state index contributed by atoms with van der Waals surface area (Å²) in [7, 11) is 0. The molecule has 0 bridgehead atoms. The Morgan fingerprint density at radius 3 is 2.39 bits per heavy atom. The van der Waals surface area contributed by atoms with Crippen molar-refractivity contribution in [2.75, 3.05) is 19.0 Å². The number of unbranched alkanes of at least 4 members (excludes halogenated alkanes) is 1. The van der Waals surface area contributed by atoms with Gasteiger partial charge in [0.05, 0.1) is 0 Å². The molecule has 0 aromatic heterocycles. The van der Waals surface area contributed by atoms with E-state index in [1.807, 2.05) is 6.92 Å². The molecule has 0 spiro atoms. The number of hydrogen-bond donors (Lipinski definition) is 0. The Hall–Kier alpha value is -1.16. The molecule has 0 atom stereocenters. The fourth-order valence-electron chi connectivity index (χ4n) is 1.63. The molecule has 5 heteroatoms. The van der Waals surface area contributed by atoms with Crippen LogP contribution in [0, 0.1) is 11.6 Å². The Labute approximate surface area is 111 Å². The van der Waals surface area contributed by atoms with Crippen molar-refractivity contribution in [1.82, 2.24) is 4.90 Å². The fraction of sp³-hybridized carbons (Fsp3) is 0.462. The number of hydrogen-bond acceptors (Lipinski definition) is 1. The van der Waals surface area contributed by atoms with E-state index >= 15 is 0 Å². The highest BCUT2D eigenvalue weighted by Crippen LogP contribution is 2.15. The zero-order valence-corrected chi connectivity index (χ0v) is 11.0. The molecule has 2 nitrogen and oxygen atoms in total. The Balaban J connectivity index is 2.94. The normalized spacial score (nSPS) is 10.4. The summed E-state index contributed by atoms with van der Waals surface area (Å²) in [6, 6.07) is 3.39. The number of amides is 1. The first kappa shape index (κ1) is 14.9. The SMILES string of the molecule is CCCCN(CCCl)C(=O)c1c(F)cccc1F. The van der Waals surface area contributed by atoms with Gasteiger partial charge in [0.2, 0.25) is 0 Å². The predicted molar refractivity (Wildman–Crippen MR) is 67.9 cm³/mol. The molecule has 0 heterocycles. The smallest absolute Gasteiger partial charge is 0.259 e. The molecule has 1 aromatic rings. The molecular weight excluding hydrogens is 260 g/mol. The van der Waals surface area contributed by atoms with Crippen LogP contribution in [0.1, 0.15) is 30.1 Å². The lowest BCUT2D eigenvalue weighted by Gasteiger charge is -2.22. The van der Waals surface area contributed by atoms with Crippen molar-refractivity contribution in [3.05, 3.63) is 35.4 Å². The van der Waals surface area contributed by atoms with Crippen molar-refractivity contribution in [3.8, 4) is 0 Å². The third-order valence-corrected chi connectivity index (χ3v) is 2.77. The van der Waals surface area contributed by atoms with E-state index in [-0.39, 0.29) is 12.4 Å². The quantitative estimate of drug-likeness (QED) is 0.728. The van der Waals surface area contributed by atoms with Crippen molar-refractivity contribution < 1.29 is 13.6 Å². The third kappa shape index (κ3) is 3.67. The highest BCUT2D eigenvalue weighted by Gasteiger charge is 2.22. The van der Waals surface area contributed by atoms with E-state index < -0.39 is 23.1 Å². The summed E-state index contributed by atoms with van der Waals surface area (Å²) < 4.78 is 27.0. The van der Waals surface area contributed by atoms with Gasteiger partial charge in [-0.05, 0) is 18.6 Å². The molecule has 0 unspecified atom stereocenters. The average molecular weight is 276 g/mol. The van der Waals surface area contributed by atoms with Crippen LogP contribution < -0.4 is 0 Å². The first-order valence-electron chi connectivity index (χ1n) is 5.91. The van der Waals surface area contributed by atoms with Gasteiger partial charge in [0.25, 0.3) is 5.91 Å². The van der Waals surface area contributed by atoms with E-state index in [0.717, 1.165) is 25.0 Å². The van der Waals surface area contributed by atoms with Crippen molar-refractivity contribution in [2.24, 2.45) is 0 Å². The molecule has 0 radical (unpaired) electrons. The third-order valence-electron chi connectivity index (χ3n) is 2.60. The second kappa shape index (κ2) is 7.31. The van der Waals surface area contributed by atoms with Crippen LogP contribution in [0.25, 0.3) is 0 Å². The van der Waals surface area contributed by atoms with Crippen molar-refractivity contribution in [2.45, 2.75) is 19.8 Å². The van der Waals surface area contributed by atoms with Crippen molar-refractivity contribution in [1.29, 1.82) is 0 Å². The van der Waals surface area contributed by atoms with Crippen LogP contribution in [0.3, 0.4) is 0 Å². The number of nitrogens with zero attached hydrogens (tertiary/aromatic N) is 1. The van der Waals surface area contributed by atoms with Crippen LogP contribution in [0.4, 0.5) is 8.78 Å². The highest BCUT2D eigenvalue weighted by molar-refractivity contribution is 6.18.